The molecule has 5 heteroatoms. The van der Waals surface area contributed by atoms with Crippen LogP contribution in [0.25, 0.3) is 11.3 Å². The Bertz CT molecular complexity index is 520. The number of rotatable bonds is 2. The van der Waals surface area contributed by atoms with Crippen LogP contribution in [-0.2, 0) is 6.54 Å². The number of benzene rings is 1. The zero-order valence-corrected chi connectivity index (χ0v) is 8.72. The van der Waals surface area contributed by atoms with Crippen LogP contribution in [0.5, 0.6) is 0 Å². The van der Waals surface area contributed by atoms with Crippen LogP contribution in [0.4, 0.5) is 8.78 Å². The fourth-order valence-corrected chi connectivity index (χ4v) is 1.56. The fourth-order valence-electron chi connectivity index (χ4n) is 1.56. The molecule has 1 heterocycles. The summed E-state index contributed by atoms with van der Waals surface area (Å²) in [6.45, 7) is 2.17. The lowest BCUT2D eigenvalue weighted by atomic mass is 10.1. The van der Waals surface area contributed by atoms with Crippen LogP contribution in [0.15, 0.2) is 18.2 Å². The van der Waals surface area contributed by atoms with E-state index in [1.807, 2.05) is 6.92 Å². The summed E-state index contributed by atoms with van der Waals surface area (Å²) in [5.41, 5.74) is 8.27. The molecule has 0 aliphatic rings. The van der Waals surface area contributed by atoms with Gasteiger partial charge in [0.1, 0.15) is 0 Å². The molecule has 0 fully saturated rings. The van der Waals surface area contributed by atoms with Gasteiger partial charge in [0, 0.05) is 12.1 Å². The number of aromatic amines is 1. The number of aromatic nitrogens is 2. The van der Waals surface area contributed by atoms with Gasteiger partial charge in [0.2, 0.25) is 0 Å². The molecule has 3 N–H and O–H groups in total. The monoisotopic (exact) mass is 223 g/mol. The Hall–Kier alpha value is -1.75. The summed E-state index contributed by atoms with van der Waals surface area (Å²) in [7, 11) is 0. The van der Waals surface area contributed by atoms with Crippen LogP contribution in [0.3, 0.4) is 0 Å². The number of nitrogens with two attached hydrogens (primary N) is 1. The van der Waals surface area contributed by atoms with Gasteiger partial charge < -0.3 is 5.73 Å². The van der Waals surface area contributed by atoms with Gasteiger partial charge in [-0.15, -0.1) is 0 Å². The normalized spacial score (nSPS) is 10.8. The molecule has 0 bridgehead atoms. The van der Waals surface area contributed by atoms with Gasteiger partial charge in [0.15, 0.2) is 11.6 Å². The molecule has 84 valence electrons. The van der Waals surface area contributed by atoms with Crippen LogP contribution in [-0.4, -0.2) is 10.2 Å². The molecular weight excluding hydrogens is 212 g/mol. The van der Waals surface area contributed by atoms with Crippen molar-refractivity contribution in [3.8, 4) is 11.3 Å². The lowest BCUT2D eigenvalue weighted by Gasteiger charge is -2.00. The highest BCUT2D eigenvalue weighted by molar-refractivity contribution is 5.63. The van der Waals surface area contributed by atoms with Gasteiger partial charge in [-0.2, -0.15) is 5.10 Å². The van der Waals surface area contributed by atoms with E-state index in [-0.39, 0.29) is 0 Å². The maximum absolute atomic E-state index is 13.0. The SMILES string of the molecule is Cc1c(-c2ccc(F)c(F)c2)n[nH]c1CN. The number of H-pyrrole nitrogens is 1. The van der Waals surface area contributed by atoms with Crippen molar-refractivity contribution in [3.63, 3.8) is 0 Å². The van der Waals surface area contributed by atoms with Crippen molar-refractivity contribution in [1.82, 2.24) is 10.2 Å². The van der Waals surface area contributed by atoms with Crippen molar-refractivity contribution in [1.29, 1.82) is 0 Å². The third-order valence-corrected chi connectivity index (χ3v) is 2.51. The molecule has 0 saturated heterocycles. The van der Waals surface area contributed by atoms with E-state index in [0.29, 0.717) is 17.8 Å². The molecule has 1 aromatic carbocycles. The lowest BCUT2D eigenvalue weighted by Crippen LogP contribution is -1.98. The Morgan fingerprint density at radius 3 is 2.62 bits per heavy atom. The molecule has 2 rings (SSSR count). The molecule has 0 amide bonds. The minimum absolute atomic E-state index is 0.336. The maximum atomic E-state index is 13.0. The molecule has 0 aliphatic carbocycles. The highest BCUT2D eigenvalue weighted by Crippen LogP contribution is 2.24. The summed E-state index contributed by atoms with van der Waals surface area (Å²) in [6.07, 6.45) is 0. The predicted molar refractivity (Wildman–Crippen MR) is 56.6 cm³/mol. The summed E-state index contributed by atoms with van der Waals surface area (Å²) < 4.78 is 25.8. The second-order valence-electron chi connectivity index (χ2n) is 3.51. The van der Waals surface area contributed by atoms with E-state index in [1.54, 1.807) is 0 Å². The molecular formula is C11H11F2N3. The molecule has 0 unspecified atom stereocenters. The topological polar surface area (TPSA) is 54.7 Å². The molecule has 3 nitrogen and oxygen atoms in total. The fraction of sp³-hybridized carbons (Fsp3) is 0.182. The summed E-state index contributed by atoms with van der Waals surface area (Å²) in [4.78, 5) is 0. The van der Waals surface area contributed by atoms with Crippen molar-refractivity contribution < 1.29 is 8.78 Å². The van der Waals surface area contributed by atoms with Gasteiger partial charge in [-0.1, -0.05) is 0 Å². The highest BCUT2D eigenvalue weighted by atomic mass is 19.2. The van der Waals surface area contributed by atoms with Gasteiger partial charge in [-0.05, 0) is 30.7 Å². The van der Waals surface area contributed by atoms with Crippen molar-refractivity contribution in [3.05, 3.63) is 41.1 Å². The number of hydrogen-bond acceptors (Lipinski definition) is 2. The smallest absolute Gasteiger partial charge is 0.159 e. The molecule has 0 saturated carbocycles. The van der Waals surface area contributed by atoms with Gasteiger partial charge in [-0.25, -0.2) is 8.78 Å². The van der Waals surface area contributed by atoms with E-state index in [1.165, 1.54) is 6.07 Å². The molecule has 0 aliphatic heterocycles. The lowest BCUT2D eigenvalue weighted by molar-refractivity contribution is 0.509. The molecule has 0 atom stereocenters. The average Bonchev–Trinajstić information content (AvgIpc) is 2.64. The quantitative estimate of drug-likeness (QED) is 0.819. The van der Waals surface area contributed by atoms with Crippen LogP contribution >= 0.6 is 0 Å². The van der Waals surface area contributed by atoms with Crippen molar-refractivity contribution in [2.45, 2.75) is 13.5 Å². The third-order valence-electron chi connectivity index (χ3n) is 2.51. The van der Waals surface area contributed by atoms with Gasteiger partial charge >= 0.3 is 0 Å². The van der Waals surface area contributed by atoms with E-state index < -0.39 is 11.6 Å². The number of nitrogens with zero attached hydrogens (tertiary/aromatic N) is 1. The summed E-state index contributed by atoms with van der Waals surface area (Å²) in [6, 6.07) is 3.70. The molecule has 0 radical (unpaired) electrons. The third kappa shape index (κ3) is 1.69. The first kappa shape index (κ1) is 10.8. The Morgan fingerprint density at radius 2 is 2.06 bits per heavy atom. The largest absolute Gasteiger partial charge is 0.325 e. The van der Waals surface area contributed by atoms with Crippen molar-refractivity contribution in [2.75, 3.05) is 0 Å². The maximum Gasteiger partial charge on any atom is 0.159 e. The molecule has 16 heavy (non-hydrogen) atoms. The zero-order valence-electron chi connectivity index (χ0n) is 8.72. The Labute approximate surface area is 91.3 Å². The highest BCUT2D eigenvalue weighted by Gasteiger charge is 2.11. The molecule has 2 aromatic rings. The first-order chi connectivity index (χ1) is 7.63. The zero-order chi connectivity index (χ0) is 11.7. The van der Waals surface area contributed by atoms with Crippen molar-refractivity contribution in [2.24, 2.45) is 5.73 Å². The number of nitrogens with one attached hydrogen (secondary N) is 1. The first-order valence-electron chi connectivity index (χ1n) is 4.83. The van der Waals surface area contributed by atoms with Crippen LogP contribution in [0.1, 0.15) is 11.3 Å². The van der Waals surface area contributed by atoms with Gasteiger partial charge in [-0.3, -0.25) is 5.10 Å². The van der Waals surface area contributed by atoms with E-state index in [4.69, 9.17) is 5.73 Å². The summed E-state index contributed by atoms with van der Waals surface area (Å²) in [5, 5.41) is 6.80. The predicted octanol–water partition coefficient (Wildman–Crippen LogP) is 2.12. The Morgan fingerprint density at radius 1 is 1.31 bits per heavy atom. The number of hydrogen-bond donors (Lipinski definition) is 2. The van der Waals surface area contributed by atoms with Gasteiger partial charge in [0.25, 0.3) is 0 Å². The molecule has 0 spiro atoms. The Kier molecular flexibility index (Phi) is 2.70. The summed E-state index contributed by atoms with van der Waals surface area (Å²) in [5.74, 6) is -1.75. The summed E-state index contributed by atoms with van der Waals surface area (Å²) >= 11 is 0. The van der Waals surface area contributed by atoms with E-state index in [2.05, 4.69) is 10.2 Å². The van der Waals surface area contributed by atoms with Crippen LogP contribution in [0.2, 0.25) is 0 Å². The molecule has 1 aromatic heterocycles. The van der Waals surface area contributed by atoms with Gasteiger partial charge in [0.05, 0.1) is 11.4 Å². The van der Waals surface area contributed by atoms with Crippen LogP contribution in [0, 0.1) is 18.6 Å². The standard InChI is InChI=1S/C11H11F2N3/c1-6-10(5-14)15-16-11(6)7-2-3-8(12)9(13)4-7/h2-4H,5,14H2,1H3,(H,15,16). The second-order valence-corrected chi connectivity index (χ2v) is 3.51. The first-order valence-corrected chi connectivity index (χ1v) is 4.83. The Balaban J connectivity index is 2.50. The van der Waals surface area contributed by atoms with Crippen LogP contribution < -0.4 is 5.73 Å². The minimum atomic E-state index is -0.880. The second kappa shape index (κ2) is 4.02. The van der Waals surface area contributed by atoms with E-state index in [0.717, 1.165) is 23.4 Å². The van der Waals surface area contributed by atoms with Crippen molar-refractivity contribution >= 4 is 0 Å². The average molecular weight is 223 g/mol. The van der Waals surface area contributed by atoms with E-state index in [9.17, 15) is 8.78 Å². The minimum Gasteiger partial charge on any atom is -0.325 e. The number of halogens is 2. The van der Waals surface area contributed by atoms with E-state index >= 15 is 0 Å².